The van der Waals surface area contributed by atoms with Crippen LogP contribution in [0.25, 0.3) is 11.1 Å². The summed E-state index contributed by atoms with van der Waals surface area (Å²) in [4.78, 5) is 5.52. The van der Waals surface area contributed by atoms with Crippen molar-refractivity contribution < 1.29 is 0 Å². The molecule has 5 aromatic rings. The molecule has 5 aromatic carbocycles. The third kappa shape index (κ3) is 3.31. The Labute approximate surface area is 204 Å². The summed E-state index contributed by atoms with van der Waals surface area (Å²) in [7, 11) is -2.97. The van der Waals surface area contributed by atoms with Crippen molar-refractivity contribution in [3.05, 3.63) is 145 Å². The molecule has 0 radical (unpaired) electrons. The van der Waals surface area contributed by atoms with Crippen LogP contribution in [0.2, 0.25) is 0 Å². The fourth-order valence-electron chi connectivity index (χ4n) is 5.37. The van der Waals surface area contributed by atoms with Crippen LogP contribution in [0.15, 0.2) is 153 Å². The fourth-order valence-corrected chi connectivity index (χ4v) is 10.8. The summed E-state index contributed by atoms with van der Waals surface area (Å²) in [5.41, 5.74) is 5.25. The van der Waals surface area contributed by atoms with Gasteiger partial charge in [-0.05, 0) is 61.9 Å². The minimum absolute atomic E-state index is 1.27. The molecule has 170 valence electrons. The first-order valence-corrected chi connectivity index (χ1v) is 14.6. The van der Waals surface area contributed by atoms with Gasteiger partial charge in [-0.1, -0.05) is 133 Å². The van der Waals surface area contributed by atoms with E-state index in [1.165, 1.54) is 41.8 Å². The van der Waals surface area contributed by atoms with Crippen molar-refractivity contribution in [1.29, 1.82) is 0 Å². The predicted octanol–water partition coefficient (Wildman–Crippen LogP) is 9.21. The summed E-state index contributed by atoms with van der Waals surface area (Å²) in [5, 5.41) is 0. The normalized spacial score (nSPS) is 12.6. The van der Waals surface area contributed by atoms with Gasteiger partial charge < -0.3 is 0 Å². The third-order valence-corrected chi connectivity index (χ3v) is 14.0. The van der Waals surface area contributed by atoms with Crippen molar-refractivity contribution >= 4 is 9.16 Å². The Morgan fingerprint density at radius 2 is 0.824 bits per heavy atom. The second-order valence-corrected chi connectivity index (χ2v) is 14.6. The van der Waals surface area contributed by atoms with Crippen LogP contribution in [0.3, 0.4) is 0 Å². The van der Waals surface area contributed by atoms with Gasteiger partial charge in [0.15, 0.2) is 0 Å². The maximum Gasteiger partial charge on any atom is -0.0141 e. The van der Waals surface area contributed by atoms with Gasteiger partial charge >= 0.3 is 0 Å². The number of aryl methyl sites for hydroxylation is 1. The summed E-state index contributed by atoms with van der Waals surface area (Å²) in [5.74, 6) is 0. The lowest BCUT2D eigenvalue weighted by Crippen LogP contribution is -2.19. The van der Waals surface area contributed by atoms with E-state index in [1.807, 2.05) is 0 Å². The van der Waals surface area contributed by atoms with Crippen molar-refractivity contribution in [3.63, 3.8) is 0 Å². The van der Waals surface area contributed by atoms with Crippen LogP contribution < -0.4 is 0 Å². The highest BCUT2D eigenvalue weighted by molar-refractivity contribution is 8.49. The first-order valence-electron chi connectivity index (χ1n) is 11.9. The van der Waals surface area contributed by atoms with E-state index in [0.29, 0.717) is 0 Å². The largest absolute Gasteiger partial charge is 0.202 e. The molecule has 0 bridgehead atoms. The van der Waals surface area contributed by atoms with Crippen molar-refractivity contribution in [1.82, 2.24) is 0 Å². The topological polar surface area (TPSA) is 0 Å². The number of hydrogen-bond acceptors (Lipinski definition) is 0. The molecule has 0 aromatic heterocycles. The van der Waals surface area contributed by atoms with Crippen molar-refractivity contribution in [2.45, 2.75) is 33.4 Å². The number of rotatable bonds is 5. The van der Waals surface area contributed by atoms with Crippen molar-refractivity contribution in [2.75, 3.05) is 6.26 Å². The number of benzene rings is 5. The number of thiol groups is 1. The first-order chi connectivity index (χ1) is 16.5. The van der Waals surface area contributed by atoms with Gasteiger partial charge in [0.05, 0.1) is 0 Å². The molecule has 0 atom stereocenters. The highest BCUT2D eigenvalue weighted by Crippen LogP contribution is 2.87. The molecular weight excluding hydrogens is 428 g/mol. The van der Waals surface area contributed by atoms with E-state index in [-0.39, 0.29) is 0 Å². The lowest BCUT2D eigenvalue weighted by Gasteiger charge is -2.60. The van der Waals surface area contributed by atoms with E-state index in [0.717, 1.165) is 0 Å². The zero-order valence-electron chi connectivity index (χ0n) is 20.1. The SMILES string of the molecule is Cc1cccc(-c2ccc([SH](C)(c3ccccc3)(c3ccccc3)c3ccccc3)cc2)c1C. The van der Waals surface area contributed by atoms with Gasteiger partial charge in [-0.15, -0.1) is 0 Å². The Morgan fingerprint density at radius 3 is 1.26 bits per heavy atom. The van der Waals surface area contributed by atoms with Crippen LogP contribution in [-0.2, 0) is 0 Å². The average Bonchev–Trinajstić information content (AvgIpc) is 2.91. The van der Waals surface area contributed by atoms with E-state index >= 15 is 0 Å². The molecule has 1 heteroatoms. The van der Waals surface area contributed by atoms with Gasteiger partial charge in [0, 0.05) is 0 Å². The molecule has 0 fully saturated rings. The average molecular weight is 461 g/mol. The summed E-state index contributed by atoms with van der Waals surface area (Å²) >= 11 is 0. The predicted molar refractivity (Wildman–Crippen MR) is 149 cm³/mol. The standard InChI is InChI=1S/C33H32S/c1-26-14-13-21-33(27(26)2)28-22-24-32(25-23-28)34(3,29-15-7-4-8-16-29,30-17-9-5-10-18-30)31-19-11-6-12-20-31/h4-25,34H,1-3H3. The lowest BCUT2D eigenvalue weighted by molar-refractivity contribution is 1.20. The van der Waals surface area contributed by atoms with Gasteiger partial charge in [-0.2, -0.15) is 0 Å². The molecule has 0 heterocycles. The van der Waals surface area contributed by atoms with Gasteiger partial charge in [-0.25, -0.2) is 9.16 Å². The van der Waals surface area contributed by atoms with E-state index in [1.54, 1.807) is 0 Å². The molecule has 0 aliphatic carbocycles. The Hall–Kier alpha value is -3.55. The molecule has 0 unspecified atom stereocenters. The maximum atomic E-state index is 2.51. The Kier molecular flexibility index (Phi) is 5.67. The quantitative estimate of drug-likeness (QED) is 0.248. The van der Waals surface area contributed by atoms with E-state index < -0.39 is 9.16 Å². The zero-order valence-corrected chi connectivity index (χ0v) is 21.0. The number of hydrogen-bond donors (Lipinski definition) is 1. The first kappa shape index (κ1) is 22.3. The zero-order chi connectivity index (χ0) is 23.6. The monoisotopic (exact) mass is 460 g/mol. The molecule has 0 aliphatic heterocycles. The maximum absolute atomic E-state index is 2.97. The van der Waals surface area contributed by atoms with E-state index in [4.69, 9.17) is 0 Å². The lowest BCUT2D eigenvalue weighted by atomic mass is 9.97. The van der Waals surface area contributed by atoms with Gasteiger partial charge in [0.2, 0.25) is 0 Å². The second-order valence-electron chi connectivity index (χ2n) is 9.37. The molecule has 0 saturated heterocycles. The molecule has 0 nitrogen and oxygen atoms in total. The van der Waals surface area contributed by atoms with Crippen molar-refractivity contribution in [2.24, 2.45) is 0 Å². The Morgan fingerprint density at radius 1 is 0.412 bits per heavy atom. The molecule has 5 rings (SSSR count). The van der Waals surface area contributed by atoms with Crippen LogP contribution in [0.4, 0.5) is 0 Å². The highest BCUT2D eigenvalue weighted by atomic mass is 32.3. The van der Waals surface area contributed by atoms with E-state index in [9.17, 15) is 0 Å². The molecule has 0 aliphatic rings. The third-order valence-electron chi connectivity index (χ3n) is 7.63. The van der Waals surface area contributed by atoms with Gasteiger partial charge in [-0.3, -0.25) is 0 Å². The van der Waals surface area contributed by atoms with Crippen LogP contribution >= 0.6 is 9.16 Å². The van der Waals surface area contributed by atoms with Gasteiger partial charge in [0.25, 0.3) is 0 Å². The van der Waals surface area contributed by atoms with Crippen LogP contribution in [0, 0.1) is 13.8 Å². The van der Waals surface area contributed by atoms with Crippen LogP contribution in [0.1, 0.15) is 11.1 Å². The Balaban J connectivity index is 1.84. The minimum atomic E-state index is -2.97. The van der Waals surface area contributed by atoms with Crippen molar-refractivity contribution in [3.8, 4) is 11.1 Å². The fraction of sp³-hybridized carbons (Fsp3) is 0.0909. The second kappa shape index (κ2) is 8.66. The summed E-state index contributed by atoms with van der Waals surface area (Å²) in [6, 6.07) is 49.3. The minimum Gasteiger partial charge on any atom is -0.202 e. The molecule has 0 amide bonds. The molecule has 34 heavy (non-hydrogen) atoms. The molecule has 0 spiro atoms. The molecule has 0 N–H and O–H groups in total. The Bertz CT molecular complexity index is 1300. The summed E-state index contributed by atoms with van der Waals surface area (Å²) in [6.07, 6.45) is 2.51. The summed E-state index contributed by atoms with van der Waals surface area (Å²) in [6.45, 7) is 4.41. The molecule has 0 saturated carbocycles. The highest BCUT2D eigenvalue weighted by Gasteiger charge is 2.43. The van der Waals surface area contributed by atoms with Crippen LogP contribution in [-0.4, -0.2) is 6.26 Å². The molecular formula is C33H32S. The van der Waals surface area contributed by atoms with Crippen LogP contribution in [0.5, 0.6) is 0 Å². The smallest absolute Gasteiger partial charge is 0.0141 e. The van der Waals surface area contributed by atoms with Gasteiger partial charge in [0.1, 0.15) is 0 Å². The van der Waals surface area contributed by atoms with E-state index in [2.05, 4.69) is 154 Å². The summed E-state index contributed by atoms with van der Waals surface area (Å²) < 4.78 is 0.